The van der Waals surface area contributed by atoms with E-state index in [0.717, 1.165) is 11.4 Å². The van der Waals surface area contributed by atoms with Gasteiger partial charge in [-0.15, -0.1) is 0 Å². The molecule has 0 bridgehead atoms. The van der Waals surface area contributed by atoms with Crippen molar-refractivity contribution < 1.29 is 0 Å². The van der Waals surface area contributed by atoms with Crippen molar-refractivity contribution in [2.45, 2.75) is 0 Å². The molecule has 0 saturated heterocycles. The number of benzene rings is 10. The Kier molecular flexibility index (Phi) is 8.53. The highest BCUT2D eigenvalue weighted by atomic mass is 15.0. The van der Waals surface area contributed by atoms with Gasteiger partial charge in [0.25, 0.3) is 0 Å². The molecule has 12 rings (SSSR count). The standard InChI is InChI=1S/C60H40N2/c1-4-15-41(16-5-1)45-21-12-22-46(37-45)43-29-33-50(34-30-43)61-56-27-11-10-25-53(56)54-39-48(31-35-57(54)61)49-32-36-58-55(40-49)60-52(44-19-8-3-9-20-44)26-14-28-59(60)62(58)51-24-13-23-47(38-51)42-17-6-2-7-18-42/h1-40H. The molecule has 0 fully saturated rings. The number of aromatic nitrogens is 2. The molecule has 2 aromatic heterocycles. The van der Waals surface area contributed by atoms with Gasteiger partial charge in [0.2, 0.25) is 0 Å². The Balaban J connectivity index is 0.987. The van der Waals surface area contributed by atoms with Crippen LogP contribution in [0.2, 0.25) is 0 Å². The molecule has 10 aromatic carbocycles. The van der Waals surface area contributed by atoms with Crippen LogP contribution in [0.3, 0.4) is 0 Å². The highest BCUT2D eigenvalue weighted by Crippen LogP contribution is 2.42. The zero-order valence-electron chi connectivity index (χ0n) is 34.0. The minimum Gasteiger partial charge on any atom is -0.309 e. The van der Waals surface area contributed by atoms with Crippen molar-refractivity contribution in [3.05, 3.63) is 243 Å². The van der Waals surface area contributed by atoms with Crippen LogP contribution in [0.1, 0.15) is 0 Å². The van der Waals surface area contributed by atoms with Crippen LogP contribution < -0.4 is 0 Å². The van der Waals surface area contributed by atoms with E-state index in [4.69, 9.17) is 0 Å². The highest BCUT2D eigenvalue weighted by Gasteiger charge is 2.19. The van der Waals surface area contributed by atoms with Gasteiger partial charge >= 0.3 is 0 Å². The van der Waals surface area contributed by atoms with Crippen molar-refractivity contribution >= 4 is 43.6 Å². The zero-order valence-corrected chi connectivity index (χ0v) is 34.0. The Hall–Kier alpha value is -8.20. The lowest BCUT2D eigenvalue weighted by atomic mass is 9.97. The van der Waals surface area contributed by atoms with Crippen LogP contribution in [0.5, 0.6) is 0 Å². The SMILES string of the molecule is c1ccc(-c2cccc(-c3ccc(-n4c5ccccc5c5cc(-c6ccc7c(c6)c6c(-c8ccccc8)cccc6n7-c6cccc(-c7ccccc7)c6)ccc54)cc3)c2)cc1. The van der Waals surface area contributed by atoms with Gasteiger partial charge in [-0.1, -0.05) is 176 Å². The molecular weight excluding hydrogens is 749 g/mol. The molecule has 2 nitrogen and oxygen atoms in total. The number of hydrogen-bond donors (Lipinski definition) is 0. The van der Waals surface area contributed by atoms with Gasteiger partial charge in [0.15, 0.2) is 0 Å². The minimum absolute atomic E-state index is 1.14. The second-order valence-electron chi connectivity index (χ2n) is 16.1. The summed E-state index contributed by atoms with van der Waals surface area (Å²) in [5, 5.41) is 4.97. The van der Waals surface area contributed by atoms with Gasteiger partial charge in [-0.2, -0.15) is 0 Å². The van der Waals surface area contributed by atoms with Gasteiger partial charge in [-0.05, 0) is 122 Å². The Morgan fingerprint density at radius 1 is 0.210 bits per heavy atom. The van der Waals surface area contributed by atoms with Crippen molar-refractivity contribution in [3.63, 3.8) is 0 Å². The molecular formula is C60H40N2. The van der Waals surface area contributed by atoms with Crippen molar-refractivity contribution in [2.24, 2.45) is 0 Å². The largest absolute Gasteiger partial charge is 0.309 e. The first-order chi connectivity index (χ1) is 30.7. The third kappa shape index (κ3) is 6.04. The number of para-hydroxylation sites is 1. The number of rotatable bonds is 7. The molecule has 62 heavy (non-hydrogen) atoms. The van der Waals surface area contributed by atoms with E-state index in [1.54, 1.807) is 0 Å². The zero-order chi connectivity index (χ0) is 41.0. The van der Waals surface area contributed by atoms with Crippen molar-refractivity contribution in [1.82, 2.24) is 9.13 Å². The molecule has 0 aliphatic rings. The summed E-state index contributed by atoms with van der Waals surface area (Å²) >= 11 is 0. The maximum absolute atomic E-state index is 2.44. The fourth-order valence-electron chi connectivity index (χ4n) is 9.58. The Morgan fingerprint density at radius 3 is 1.32 bits per heavy atom. The Bertz CT molecular complexity index is 3600. The summed E-state index contributed by atoms with van der Waals surface area (Å²) in [7, 11) is 0. The lowest BCUT2D eigenvalue weighted by Gasteiger charge is -2.11. The fraction of sp³-hybridized carbons (Fsp3) is 0. The van der Waals surface area contributed by atoms with Crippen LogP contribution in [0.25, 0.3) is 111 Å². The van der Waals surface area contributed by atoms with Gasteiger partial charge < -0.3 is 9.13 Å². The summed E-state index contributed by atoms with van der Waals surface area (Å²) in [5.74, 6) is 0. The van der Waals surface area contributed by atoms with E-state index < -0.39 is 0 Å². The van der Waals surface area contributed by atoms with Crippen LogP contribution in [-0.4, -0.2) is 9.13 Å². The molecule has 0 amide bonds. The third-order valence-electron chi connectivity index (χ3n) is 12.5. The average Bonchev–Trinajstić information content (AvgIpc) is 3.87. The lowest BCUT2D eigenvalue weighted by molar-refractivity contribution is 1.18. The van der Waals surface area contributed by atoms with Gasteiger partial charge in [0.1, 0.15) is 0 Å². The molecule has 0 N–H and O–H groups in total. The van der Waals surface area contributed by atoms with Crippen LogP contribution in [0.4, 0.5) is 0 Å². The van der Waals surface area contributed by atoms with Crippen molar-refractivity contribution in [3.8, 4) is 67.0 Å². The smallest absolute Gasteiger partial charge is 0.0547 e. The van der Waals surface area contributed by atoms with E-state index in [0.29, 0.717) is 0 Å². The Morgan fingerprint density at radius 2 is 0.645 bits per heavy atom. The summed E-state index contributed by atoms with van der Waals surface area (Å²) in [4.78, 5) is 0. The third-order valence-corrected chi connectivity index (χ3v) is 12.5. The normalized spacial score (nSPS) is 11.5. The predicted octanol–water partition coefficient (Wildman–Crippen LogP) is 16.2. The first-order valence-electron chi connectivity index (χ1n) is 21.3. The topological polar surface area (TPSA) is 9.86 Å². The molecule has 0 spiro atoms. The predicted molar refractivity (Wildman–Crippen MR) is 262 cm³/mol. The highest BCUT2D eigenvalue weighted by molar-refractivity contribution is 6.17. The summed E-state index contributed by atoms with van der Waals surface area (Å²) in [5.41, 5.74) is 19.2. The summed E-state index contributed by atoms with van der Waals surface area (Å²) < 4.78 is 4.85. The first-order valence-corrected chi connectivity index (χ1v) is 21.3. The number of nitrogens with zero attached hydrogens (tertiary/aromatic N) is 2. The molecule has 0 radical (unpaired) electrons. The molecule has 2 heteroatoms. The minimum atomic E-state index is 1.14. The van der Waals surface area contributed by atoms with Gasteiger partial charge in [0, 0.05) is 32.9 Å². The molecule has 0 aliphatic carbocycles. The number of fused-ring (bicyclic) bond motifs is 6. The van der Waals surface area contributed by atoms with Crippen LogP contribution in [-0.2, 0) is 0 Å². The van der Waals surface area contributed by atoms with Crippen LogP contribution in [0.15, 0.2) is 243 Å². The molecule has 0 aliphatic heterocycles. The fourth-order valence-corrected chi connectivity index (χ4v) is 9.58. The number of hydrogen-bond acceptors (Lipinski definition) is 0. The Labute approximate surface area is 360 Å². The maximum Gasteiger partial charge on any atom is 0.0547 e. The van der Waals surface area contributed by atoms with E-state index in [9.17, 15) is 0 Å². The summed E-state index contributed by atoms with van der Waals surface area (Å²) in [6.45, 7) is 0. The van der Waals surface area contributed by atoms with Gasteiger partial charge in [-0.3, -0.25) is 0 Å². The molecule has 12 aromatic rings. The van der Waals surface area contributed by atoms with Gasteiger partial charge in [0.05, 0.1) is 22.1 Å². The average molecular weight is 789 g/mol. The first kappa shape index (κ1) is 35.7. The van der Waals surface area contributed by atoms with E-state index in [1.165, 1.54) is 99.2 Å². The summed E-state index contributed by atoms with van der Waals surface area (Å²) in [6.07, 6.45) is 0. The van der Waals surface area contributed by atoms with E-state index in [2.05, 4.69) is 252 Å². The summed E-state index contributed by atoms with van der Waals surface area (Å²) in [6, 6.07) is 88.4. The second kappa shape index (κ2) is 14.8. The van der Waals surface area contributed by atoms with E-state index in [-0.39, 0.29) is 0 Å². The monoisotopic (exact) mass is 788 g/mol. The van der Waals surface area contributed by atoms with Gasteiger partial charge in [-0.25, -0.2) is 0 Å². The lowest BCUT2D eigenvalue weighted by Crippen LogP contribution is -1.94. The molecule has 0 unspecified atom stereocenters. The molecule has 290 valence electrons. The van der Waals surface area contributed by atoms with Crippen LogP contribution in [0, 0.1) is 0 Å². The molecule has 0 atom stereocenters. The van der Waals surface area contributed by atoms with E-state index >= 15 is 0 Å². The maximum atomic E-state index is 2.44. The van der Waals surface area contributed by atoms with Crippen molar-refractivity contribution in [1.29, 1.82) is 0 Å². The van der Waals surface area contributed by atoms with Crippen molar-refractivity contribution in [2.75, 3.05) is 0 Å². The van der Waals surface area contributed by atoms with Crippen LogP contribution >= 0.6 is 0 Å². The molecule has 2 heterocycles. The molecule has 0 saturated carbocycles. The van der Waals surface area contributed by atoms with E-state index in [1.807, 2.05) is 0 Å². The quantitative estimate of drug-likeness (QED) is 0.152. The second-order valence-corrected chi connectivity index (χ2v) is 16.1.